The third kappa shape index (κ3) is 3.39. The summed E-state index contributed by atoms with van der Waals surface area (Å²) in [5.74, 6) is 1.18. The van der Waals surface area contributed by atoms with Gasteiger partial charge in [0.05, 0.1) is 11.1 Å². The molecule has 3 nitrogen and oxygen atoms in total. The van der Waals surface area contributed by atoms with Gasteiger partial charge in [-0.15, -0.1) is 11.3 Å². The van der Waals surface area contributed by atoms with Gasteiger partial charge in [0.15, 0.2) is 5.16 Å². The van der Waals surface area contributed by atoms with Gasteiger partial charge in [-0.3, -0.25) is 9.36 Å². The Labute approximate surface area is 168 Å². The molecular formula is C22H24N2OS2. The van der Waals surface area contributed by atoms with Gasteiger partial charge in [0.2, 0.25) is 0 Å². The van der Waals surface area contributed by atoms with Crippen LogP contribution in [0.3, 0.4) is 0 Å². The fourth-order valence-electron chi connectivity index (χ4n) is 3.72. The zero-order chi connectivity index (χ0) is 19.1. The van der Waals surface area contributed by atoms with Crippen LogP contribution in [0.2, 0.25) is 0 Å². The number of aromatic nitrogens is 2. The fraction of sp³-hybridized carbons (Fsp3) is 0.364. The number of thiophene rings is 1. The predicted octanol–water partition coefficient (Wildman–Crippen LogP) is 5.86. The summed E-state index contributed by atoms with van der Waals surface area (Å²) >= 11 is 3.30. The standard InChI is InChI=1S/C22H24N2OS2/c1-13(2)12-26-22-23-20-19(18-15(4)6-5-7-17(18)27-20)21(25)24(22)16-10-8-14(3)9-11-16/h8-11,15H,1,5-7,12H2,2-4H3/t15-/m1/s1. The summed E-state index contributed by atoms with van der Waals surface area (Å²) in [6, 6.07) is 8.12. The minimum absolute atomic E-state index is 0.0688. The molecule has 0 saturated carbocycles. The number of nitrogens with zero attached hydrogens (tertiary/aromatic N) is 2. The van der Waals surface area contributed by atoms with Crippen molar-refractivity contribution < 1.29 is 0 Å². The summed E-state index contributed by atoms with van der Waals surface area (Å²) in [5, 5.41) is 1.59. The highest BCUT2D eigenvalue weighted by molar-refractivity contribution is 7.99. The molecule has 1 aliphatic carbocycles. The summed E-state index contributed by atoms with van der Waals surface area (Å²) in [4.78, 5) is 20.8. The second-order valence-electron chi connectivity index (χ2n) is 7.53. The molecule has 2 aromatic heterocycles. The summed E-state index contributed by atoms with van der Waals surface area (Å²) in [6.45, 7) is 10.3. The third-order valence-electron chi connectivity index (χ3n) is 5.08. The van der Waals surface area contributed by atoms with Crippen molar-refractivity contribution in [3.8, 4) is 5.69 Å². The van der Waals surface area contributed by atoms with Gasteiger partial charge < -0.3 is 0 Å². The lowest BCUT2D eigenvalue weighted by molar-refractivity contribution is 0.601. The summed E-state index contributed by atoms with van der Waals surface area (Å²) < 4.78 is 1.80. The zero-order valence-corrected chi connectivity index (χ0v) is 17.7. The second-order valence-corrected chi connectivity index (χ2v) is 9.55. The first-order valence-electron chi connectivity index (χ1n) is 9.38. The highest BCUT2D eigenvalue weighted by atomic mass is 32.2. The van der Waals surface area contributed by atoms with Crippen LogP contribution >= 0.6 is 23.1 Å². The number of hydrogen-bond donors (Lipinski definition) is 0. The summed E-state index contributed by atoms with van der Waals surface area (Å²) in [5.41, 5.74) is 4.45. The molecular weight excluding hydrogens is 372 g/mol. The van der Waals surface area contributed by atoms with E-state index in [-0.39, 0.29) is 5.56 Å². The summed E-state index contributed by atoms with van der Waals surface area (Å²) in [7, 11) is 0. The maximum Gasteiger partial charge on any atom is 0.267 e. The minimum atomic E-state index is 0.0688. The lowest BCUT2D eigenvalue weighted by Crippen LogP contribution is -2.22. The Morgan fingerprint density at radius 1 is 1.37 bits per heavy atom. The van der Waals surface area contributed by atoms with Gasteiger partial charge in [-0.25, -0.2) is 4.98 Å². The van der Waals surface area contributed by atoms with Gasteiger partial charge in [0, 0.05) is 10.6 Å². The molecule has 3 aromatic rings. The van der Waals surface area contributed by atoms with Crippen molar-refractivity contribution in [2.45, 2.75) is 51.1 Å². The lowest BCUT2D eigenvalue weighted by Gasteiger charge is -2.19. The Kier molecular flexibility index (Phi) is 4.99. The zero-order valence-electron chi connectivity index (χ0n) is 16.0. The Morgan fingerprint density at radius 3 is 2.81 bits per heavy atom. The Morgan fingerprint density at radius 2 is 2.11 bits per heavy atom. The molecule has 0 saturated heterocycles. The quantitative estimate of drug-likeness (QED) is 0.314. The number of fused-ring (bicyclic) bond motifs is 3. The molecule has 0 unspecified atom stereocenters. The minimum Gasteiger partial charge on any atom is -0.268 e. The van der Waals surface area contributed by atoms with Gasteiger partial charge in [0.1, 0.15) is 4.83 Å². The van der Waals surface area contributed by atoms with Crippen LogP contribution in [0.1, 0.15) is 48.6 Å². The van der Waals surface area contributed by atoms with Crippen LogP contribution in [0.15, 0.2) is 46.4 Å². The van der Waals surface area contributed by atoms with Crippen molar-refractivity contribution in [2.75, 3.05) is 5.75 Å². The van der Waals surface area contributed by atoms with Crippen molar-refractivity contribution in [1.82, 2.24) is 9.55 Å². The van der Waals surface area contributed by atoms with Crippen LogP contribution in [0.25, 0.3) is 15.9 Å². The van der Waals surface area contributed by atoms with Crippen molar-refractivity contribution in [3.05, 3.63) is 62.8 Å². The average Bonchev–Trinajstić information content (AvgIpc) is 3.01. The predicted molar refractivity (Wildman–Crippen MR) is 117 cm³/mol. The molecule has 27 heavy (non-hydrogen) atoms. The Bertz CT molecular complexity index is 1080. The molecule has 5 heteroatoms. The van der Waals surface area contributed by atoms with E-state index >= 15 is 0 Å². The maximum absolute atomic E-state index is 13.7. The van der Waals surface area contributed by atoms with E-state index < -0.39 is 0 Å². The van der Waals surface area contributed by atoms with Gasteiger partial charge in [0.25, 0.3) is 5.56 Å². The van der Waals surface area contributed by atoms with E-state index in [1.54, 1.807) is 27.7 Å². The van der Waals surface area contributed by atoms with E-state index in [1.165, 1.54) is 22.4 Å². The van der Waals surface area contributed by atoms with Crippen LogP contribution in [0.5, 0.6) is 0 Å². The molecule has 1 aliphatic rings. The van der Waals surface area contributed by atoms with Crippen LogP contribution in [-0.2, 0) is 6.42 Å². The molecule has 0 radical (unpaired) electrons. The number of thioether (sulfide) groups is 1. The Hall–Kier alpha value is -1.85. The van der Waals surface area contributed by atoms with Gasteiger partial charge in [-0.1, -0.05) is 48.5 Å². The first-order valence-corrected chi connectivity index (χ1v) is 11.2. The van der Waals surface area contributed by atoms with Crippen LogP contribution in [0.4, 0.5) is 0 Å². The van der Waals surface area contributed by atoms with Crippen LogP contribution in [-0.4, -0.2) is 15.3 Å². The highest BCUT2D eigenvalue weighted by Gasteiger charge is 2.26. The molecule has 0 aliphatic heterocycles. The van der Waals surface area contributed by atoms with Crippen LogP contribution < -0.4 is 5.56 Å². The first kappa shape index (κ1) is 18.5. The van der Waals surface area contributed by atoms with Crippen molar-refractivity contribution in [1.29, 1.82) is 0 Å². The lowest BCUT2D eigenvalue weighted by atomic mass is 9.88. The number of rotatable bonds is 4. The molecule has 0 fully saturated rings. The van der Waals surface area contributed by atoms with E-state index in [0.29, 0.717) is 5.92 Å². The van der Waals surface area contributed by atoms with Crippen molar-refractivity contribution in [2.24, 2.45) is 0 Å². The average molecular weight is 397 g/mol. The van der Waals surface area contributed by atoms with Crippen LogP contribution in [0, 0.1) is 6.92 Å². The van der Waals surface area contributed by atoms with E-state index in [1.807, 2.05) is 31.2 Å². The highest BCUT2D eigenvalue weighted by Crippen LogP contribution is 2.41. The maximum atomic E-state index is 13.7. The molecule has 0 amide bonds. The SMILES string of the molecule is C=C(C)CSc1nc2sc3c(c2c(=O)n1-c1ccc(C)cc1)[C@H](C)CCC3. The molecule has 4 rings (SSSR count). The third-order valence-corrected chi connectivity index (χ3v) is 7.41. The summed E-state index contributed by atoms with van der Waals surface area (Å²) in [6.07, 6.45) is 3.41. The van der Waals surface area contributed by atoms with Crippen molar-refractivity contribution in [3.63, 3.8) is 0 Å². The molecule has 0 bridgehead atoms. The van der Waals surface area contributed by atoms with E-state index in [2.05, 4.69) is 20.4 Å². The first-order chi connectivity index (χ1) is 13.0. The molecule has 1 atom stereocenters. The molecule has 0 N–H and O–H groups in total. The fourth-order valence-corrected chi connectivity index (χ4v) is 5.96. The van der Waals surface area contributed by atoms with Gasteiger partial charge >= 0.3 is 0 Å². The molecule has 1 aromatic carbocycles. The van der Waals surface area contributed by atoms with Gasteiger partial charge in [-0.05, 0) is 56.7 Å². The topological polar surface area (TPSA) is 34.9 Å². The Balaban J connectivity index is 1.99. The van der Waals surface area contributed by atoms with E-state index in [9.17, 15) is 4.79 Å². The monoisotopic (exact) mass is 396 g/mol. The molecule has 2 heterocycles. The largest absolute Gasteiger partial charge is 0.268 e. The number of hydrogen-bond acceptors (Lipinski definition) is 4. The number of aryl methyl sites for hydroxylation is 2. The molecule has 0 spiro atoms. The normalized spacial score (nSPS) is 16.5. The smallest absolute Gasteiger partial charge is 0.267 e. The van der Waals surface area contributed by atoms with E-state index in [0.717, 1.165) is 45.2 Å². The second kappa shape index (κ2) is 7.28. The van der Waals surface area contributed by atoms with Gasteiger partial charge in [-0.2, -0.15) is 0 Å². The van der Waals surface area contributed by atoms with E-state index in [4.69, 9.17) is 4.98 Å². The van der Waals surface area contributed by atoms with Crippen molar-refractivity contribution >= 4 is 33.3 Å². The number of benzene rings is 1. The molecule has 140 valence electrons.